The van der Waals surface area contributed by atoms with Crippen molar-refractivity contribution in [1.82, 2.24) is 19.1 Å². The molecule has 0 spiro atoms. The van der Waals surface area contributed by atoms with Gasteiger partial charge in [-0.1, -0.05) is 121 Å². The second-order valence-corrected chi connectivity index (χ2v) is 16.3. The fraction of sp³-hybridized carbons (Fsp3) is 0. The largest absolute Gasteiger partial charge is 0.436 e. The van der Waals surface area contributed by atoms with Gasteiger partial charge in [0.25, 0.3) is 0 Å². The second-order valence-electron chi connectivity index (χ2n) is 16.3. The number of hydrogen-bond acceptors (Lipinski definition) is 5. The lowest BCUT2D eigenvalue weighted by Gasteiger charge is -2.25. The number of fused-ring (bicyclic) bond motifs is 9. The number of hydrogen-bond donors (Lipinski definition) is 0. The number of para-hydroxylation sites is 6. The highest BCUT2D eigenvalue weighted by atomic mass is 16.3. The van der Waals surface area contributed by atoms with Crippen LogP contribution >= 0.6 is 0 Å². The number of furan rings is 1. The number of nitrogens with zero attached hydrogens (tertiary/aromatic N) is 6. The molecular formula is C58H38N6O. The number of anilines is 6. The molecule has 0 fully saturated rings. The van der Waals surface area contributed by atoms with Gasteiger partial charge in [-0.2, -0.15) is 4.98 Å². The first-order valence-electron chi connectivity index (χ1n) is 21.8. The summed E-state index contributed by atoms with van der Waals surface area (Å²) in [6.45, 7) is 0. The maximum atomic E-state index is 6.72. The average molecular weight is 835 g/mol. The summed E-state index contributed by atoms with van der Waals surface area (Å²) in [6.07, 6.45) is 1.85. The molecule has 0 saturated carbocycles. The molecule has 0 unspecified atom stereocenters. The normalized spacial score (nSPS) is 11.7. The van der Waals surface area contributed by atoms with Crippen molar-refractivity contribution in [2.45, 2.75) is 0 Å². The first kappa shape index (κ1) is 36.7. The van der Waals surface area contributed by atoms with Crippen molar-refractivity contribution in [2.24, 2.45) is 0 Å². The van der Waals surface area contributed by atoms with Gasteiger partial charge < -0.3 is 18.5 Å². The van der Waals surface area contributed by atoms with E-state index in [1.165, 1.54) is 27.1 Å². The number of rotatable bonds is 8. The van der Waals surface area contributed by atoms with Crippen molar-refractivity contribution < 1.29 is 4.42 Å². The van der Waals surface area contributed by atoms with Crippen LogP contribution in [0.1, 0.15) is 0 Å². The van der Waals surface area contributed by atoms with Crippen molar-refractivity contribution in [3.8, 4) is 11.4 Å². The van der Waals surface area contributed by atoms with E-state index >= 15 is 0 Å². The lowest BCUT2D eigenvalue weighted by atomic mass is 10.1. The lowest BCUT2D eigenvalue weighted by Crippen LogP contribution is -2.12. The Morgan fingerprint density at radius 1 is 0.354 bits per heavy atom. The SMILES string of the molecule is c1ccc(N(c2ccc3c(c2)oc2nc(N(c4ccccc4)c4ccc5c6ccccc6n(-c6ccccc6)c5c4)cnc23)c2ccc3c4ccccc4n(-c4ccccc4)c3c2)cc1. The molecule has 0 bridgehead atoms. The predicted molar refractivity (Wildman–Crippen MR) is 267 cm³/mol. The predicted octanol–water partition coefficient (Wildman–Crippen LogP) is 15.5. The first-order valence-corrected chi connectivity index (χ1v) is 21.8. The summed E-state index contributed by atoms with van der Waals surface area (Å²) >= 11 is 0. The zero-order valence-corrected chi connectivity index (χ0v) is 35.0. The molecule has 0 N–H and O–H groups in total. The van der Waals surface area contributed by atoms with Crippen LogP contribution in [-0.4, -0.2) is 19.1 Å². The Kier molecular flexibility index (Phi) is 8.39. The number of aromatic nitrogens is 4. The summed E-state index contributed by atoms with van der Waals surface area (Å²) in [4.78, 5) is 14.7. The Balaban J connectivity index is 0.949. The Labute approximate surface area is 373 Å². The van der Waals surface area contributed by atoms with Crippen LogP contribution < -0.4 is 9.80 Å². The molecule has 306 valence electrons. The molecular weight excluding hydrogens is 797 g/mol. The summed E-state index contributed by atoms with van der Waals surface area (Å²) in [5.41, 5.74) is 13.6. The molecule has 0 atom stereocenters. The summed E-state index contributed by atoms with van der Waals surface area (Å²) in [7, 11) is 0. The van der Waals surface area contributed by atoms with E-state index in [1.807, 2.05) is 24.4 Å². The Hall–Kier alpha value is -8.94. The van der Waals surface area contributed by atoms with Gasteiger partial charge in [-0.15, -0.1) is 0 Å². The minimum absolute atomic E-state index is 0.468. The molecule has 0 aliphatic heterocycles. The van der Waals surface area contributed by atoms with E-state index in [2.05, 4.69) is 225 Å². The molecule has 13 rings (SSSR count). The molecule has 0 aliphatic rings. The first-order chi connectivity index (χ1) is 32.2. The molecule has 0 radical (unpaired) electrons. The van der Waals surface area contributed by atoms with Crippen molar-refractivity contribution in [3.05, 3.63) is 231 Å². The van der Waals surface area contributed by atoms with E-state index in [0.29, 0.717) is 22.6 Å². The van der Waals surface area contributed by atoms with Crippen LogP contribution in [0.5, 0.6) is 0 Å². The Bertz CT molecular complexity index is 3640. The van der Waals surface area contributed by atoms with Gasteiger partial charge in [0.05, 0.1) is 28.3 Å². The summed E-state index contributed by atoms with van der Waals surface area (Å²) in [5, 5.41) is 5.70. The average Bonchev–Trinajstić information content (AvgIpc) is 4.02. The minimum Gasteiger partial charge on any atom is -0.436 e. The highest BCUT2D eigenvalue weighted by Gasteiger charge is 2.22. The van der Waals surface area contributed by atoms with Gasteiger partial charge in [0.2, 0.25) is 5.71 Å². The van der Waals surface area contributed by atoms with Gasteiger partial charge >= 0.3 is 0 Å². The van der Waals surface area contributed by atoms with Crippen LogP contribution in [0.3, 0.4) is 0 Å². The van der Waals surface area contributed by atoms with Crippen LogP contribution in [-0.2, 0) is 0 Å². The molecule has 13 aromatic rings. The van der Waals surface area contributed by atoms with E-state index in [9.17, 15) is 0 Å². The molecule has 65 heavy (non-hydrogen) atoms. The van der Waals surface area contributed by atoms with Crippen LogP contribution in [0.2, 0.25) is 0 Å². The highest BCUT2D eigenvalue weighted by Crippen LogP contribution is 2.43. The van der Waals surface area contributed by atoms with E-state index in [4.69, 9.17) is 14.4 Å². The third-order valence-corrected chi connectivity index (χ3v) is 12.5. The van der Waals surface area contributed by atoms with Crippen LogP contribution in [0, 0.1) is 0 Å². The quantitative estimate of drug-likeness (QED) is 0.153. The molecule has 0 aliphatic carbocycles. The van der Waals surface area contributed by atoms with Gasteiger partial charge in [-0.05, 0) is 97.1 Å². The van der Waals surface area contributed by atoms with Gasteiger partial charge in [0.15, 0.2) is 5.82 Å². The molecule has 0 saturated heterocycles. The molecule has 4 aromatic heterocycles. The molecule has 7 nitrogen and oxygen atoms in total. The summed E-state index contributed by atoms with van der Waals surface area (Å²) in [6, 6.07) is 78.9. The maximum absolute atomic E-state index is 6.72. The fourth-order valence-electron chi connectivity index (χ4n) is 9.68. The molecule has 7 heteroatoms. The third-order valence-electron chi connectivity index (χ3n) is 12.5. The van der Waals surface area contributed by atoms with E-state index in [0.717, 1.165) is 61.7 Å². The van der Waals surface area contributed by atoms with E-state index in [-0.39, 0.29) is 0 Å². The van der Waals surface area contributed by atoms with Crippen LogP contribution in [0.25, 0.3) is 77.2 Å². The van der Waals surface area contributed by atoms with E-state index < -0.39 is 0 Å². The van der Waals surface area contributed by atoms with Crippen molar-refractivity contribution >= 4 is 100 Å². The fourth-order valence-corrected chi connectivity index (χ4v) is 9.68. The Morgan fingerprint density at radius 3 is 1.34 bits per heavy atom. The van der Waals surface area contributed by atoms with Gasteiger partial charge in [-0.25, -0.2) is 4.98 Å². The summed E-state index contributed by atoms with van der Waals surface area (Å²) in [5.74, 6) is 0.651. The Morgan fingerprint density at radius 2 is 0.785 bits per heavy atom. The highest BCUT2D eigenvalue weighted by molar-refractivity contribution is 6.12. The summed E-state index contributed by atoms with van der Waals surface area (Å²) < 4.78 is 11.4. The smallest absolute Gasteiger partial charge is 0.248 e. The maximum Gasteiger partial charge on any atom is 0.248 e. The zero-order chi connectivity index (χ0) is 42.8. The number of benzene rings is 9. The van der Waals surface area contributed by atoms with Gasteiger partial charge in [-0.3, -0.25) is 4.90 Å². The molecule has 0 amide bonds. The third kappa shape index (κ3) is 5.98. The van der Waals surface area contributed by atoms with Gasteiger partial charge in [0, 0.05) is 72.8 Å². The minimum atomic E-state index is 0.468. The molecule has 9 aromatic carbocycles. The lowest BCUT2D eigenvalue weighted by molar-refractivity contribution is 0.653. The van der Waals surface area contributed by atoms with Crippen molar-refractivity contribution in [2.75, 3.05) is 9.80 Å². The van der Waals surface area contributed by atoms with Crippen LogP contribution in [0.15, 0.2) is 235 Å². The zero-order valence-electron chi connectivity index (χ0n) is 35.0. The van der Waals surface area contributed by atoms with Crippen molar-refractivity contribution in [1.29, 1.82) is 0 Å². The standard InChI is InChI=1S/C58H38N6O/c1-5-17-39(18-6-1)61(43-29-32-48-46-25-13-15-27-51(46)63(53(48)35-43)41-21-9-3-10-22-41)45-31-34-50-55(37-45)65-58-57(50)59-38-56(60-58)62(40-19-7-2-8-20-40)44-30-33-49-47-26-14-16-28-52(47)64(54(49)36-44)42-23-11-4-12-24-42/h1-38H. The molecule has 4 heterocycles. The second kappa shape index (κ2) is 14.9. The van der Waals surface area contributed by atoms with E-state index in [1.54, 1.807) is 0 Å². The van der Waals surface area contributed by atoms with Crippen molar-refractivity contribution in [3.63, 3.8) is 0 Å². The van der Waals surface area contributed by atoms with Gasteiger partial charge in [0.1, 0.15) is 11.1 Å². The topological polar surface area (TPSA) is 55.3 Å². The monoisotopic (exact) mass is 834 g/mol. The van der Waals surface area contributed by atoms with Crippen LogP contribution in [0.4, 0.5) is 34.3 Å².